The van der Waals surface area contributed by atoms with Gasteiger partial charge in [0.25, 0.3) is 0 Å². The van der Waals surface area contributed by atoms with Crippen molar-refractivity contribution in [2.24, 2.45) is 0 Å². The maximum absolute atomic E-state index is 2.45. The summed E-state index contributed by atoms with van der Waals surface area (Å²) in [6.07, 6.45) is 0. The second-order valence-corrected chi connectivity index (χ2v) is 15.9. The van der Waals surface area contributed by atoms with Gasteiger partial charge in [-0.15, -0.1) is 11.3 Å². The first-order valence-electron chi connectivity index (χ1n) is 19.6. The minimum absolute atomic E-state index is 0.480. The monoisotopic (exact) mass is 743 g/mol. The Morgan fingerprint density at radius 3 is 1.58 bits per heavy atom. The summed E-state index contributed by atoms with van der Waals surface area (Å²) in [6, 6.07) is 82.4. The molecule has 0 fully saturated rings. The molecule has 1 aliphatic carbocycles. The molecule has 9 aromatic carbocycles. The van der Waals surface area contributed by atoms with Crippen LogP contribution in [-0.2, 0) is 5.41 Å². The maximum atomic E-state index is 2.45. The lowest BCUT2D eigenvalue weighted by Gasteiger charge is -2.34. The van der Waals surface area contributed by atoms with Crippen LogP contribution in [0.15, 0.2) is 224 Å². The van der Waals surface area contributed by atoms with Crippen molar-refractivity contribution in [3.63, 3.8) is 0 Å². The van der Waals surface area contributed by atoms with E-state index in [-0.39, 0.29) is 0 Å². The predicted molar refractivity (Wildman–Crippen MR) is 242 cm³/mol. The van der Waals surface area contributed by atoms with Crippen LogP contribution in [0.5, 0.6) is 0 Å². The van der Waals surface area contributed by atoms with Gasteiger partial charge in [0.15, 0.2) is 0 Å². The van der Waals surface area contributed by atoms with Crippen molar-refractivity contribution >= 4 is 48.6 Å². The highest BCUT2D eigenvalue weighted by Gasteiger charge is 2.47. The van der Waals surface area contributed by atoms with Crippen molar-refractivity contribution in [2.45, 2.75) is 5.41 Å². The van der Waals surface area contributed by atoms with Gasteiger partial charge in [0.05, 0.1) is 11.1 Å². The van der Waals surface area contributed by atoms with Crippen molar-refractivity contribution in [3.8, 4) is 33.4 Å². The van der Waals surface area contributed by atoms with Gasteiger partial charge in [0, 0.05) is 31.5 Å². The average Bonchev–Trinajstić information content (AvgIpc) is 3.83. The maximum Gasteiger partial charge on any atom is 0.0727 e. The van der Waals surface area contributed by atoms with Crippen molar-refractivity contribution in [1.29, 1.82) is 0 Å². The molecule has 57 heavy (non-hydrogen) atoms. The highest BCUT2D eigenvalue weighted by molar-refractivity contribution is 7.26. The Morgan fingerprint density at radius 2 is 0.895 bits per heavy atom. The molecule has 0 radical (unpaired) electrons. The molecule has 0 N–H and O–H groups in total. The second kappa shape index (κ2) is 13.6. The van der Waals surface area contributed by atoms with E-state index in [1.165, 1.54) is 75.8 Å². The van der Waals surface area contributed by atoms with Crippen LogP contribution >= 0.6 is 11.3 Å². The van der Waals surface area contributed by atoms with Gasteiger partial charge in [-0.25, -0.2) is 0 Å². The number of benzene rings is 9. The number of hydrogen-bond acceptors (Lipinski definition) is 2. The van der Waals surface area contributed by atoms with E-state index in [9.17, 15) is 0 Å². The Bertz CT molecular complexity index is 3010. The number of anilines is 3. The topological polar surface area (TPSA) is 3.24 Å². The Balaban J connectivity index is 1.17. The van der Waals surface area contributed by atoms with Crippen LogP contribution in [-0.4, -0.2) is 0 Å². The zero-order valence-corrected chi connectivity index (χ0v) is 32.0. The van der Waals surface area contributed by atoms with Crippen LogP contribution in [0, 0.1) is 0 Å². The zero-order valence-electron chi connectivity index (χ0n) is 31.2. The SMILES string of the molecule is c1ccc(-c2ccc(N(c3cccc(-c4ccccc4)c3)c3cccc4sc5c(C6(c7ccccc7)c7ccccc7-c7ccccc76)cccc5c34)cc2)cc1. The van der Waals surface area contributed by atoms with Crippen LogP contribution in [0.4, 0.5) is 17.1 Å². The second-order valence-electron chi connectivity index (χ2n) is 14.8. The lowest BCUT2D eigenvalue weighted by Crippen LogP contribution is -2.28. The molecular formula is C55H37NS. The standard InChI is InChI=1S/C55H37NS/c1-4-17-38(18-5-1)40-33-35-43(36-34-40)56(44-24-14-21-41(37-44)39-19-6-2-7-20-39)51-31-16-32-52-53(51)47-27-15-30-50(54(47)57-52)55(42-22-8-3-9-23-42)48-28-12-10-25-45(48)46-26-11-13-29-49(46)55/h1-37H. The Labute approximate surface area is 337 Å². The van der Waals surface area contributed by atoms with Gasteiger partial charge < -0.3 is 4.90 Å². The molecule has 0 spiro atoms. The summed E-state index contributed by atoms with van der Waals surface area (Å²) in [4.78, 5) is 2.45. The molecule has 0 saturated heterocycles. The van der Waals surface area contributed by atoms with Crippen LogP contribution in [0.1, 0.15) is 22.3 Å². The van der Waals surface area contributed by atoms with E-state index in [0.717, 1.165) is 17.1 Å². The first kappa shape index (κ1) is 33.3. The average molecular weight is 744 g/mol. The number of thiophene rings is 1. The number of fused-ring (bicyclic) bond motifs is 6. The number of nitrogens with zero attached hydrogens (tertiary/aromatic N) is 1. The molecule has 1 aromatic heterocycles. The minimum atomic E-state index is -0.480. The summed E-state index contributed by atoms with van der Waals surface area (Å²) < 4.78 is 2.58. The predicted octanol–water partition coefficient (Wildman–Crippen LogP) is 15.2. The Hall–Kier alpha value is -7.00. The molecule has 0 aliphatic heterocycles. The molecule has 1 aliphatic rings. The summed E-state index contributed by atoms with van der Waals surface area (Å²) in [6.45, 7) is 0. The van der Waals surface area contributed by atoms with Gasteiger partial charge in [-0.2, -0.15) is 0 Å². The summed E-state index contributed by atoms with van der Waals surface area (Å²) in [5.41, 5.74) is 15.6. The Morgan fingerprint density at radius 1 is 0.368 bits per heavy atom. The lowest BCUT2D eigenvalue weighted by atomic mass is 9.67. The van der Waals surface area contributed by atoms with Crippen molar-refractivity contribution < 1.29 is 0 Å². The fourth-order valence-electron chi connectivity index (χ4n) is 9.31. The molecule has 2 heteroatoms. The van der Waals surface area contributed by atoms with Crippen LogP contribution in [0.2, 0.25) is 0 Å². The highest BCUT2D eigenvalue weighted by atomic mass is 32.1. The van der Waals surface area contributed by atoms with E-state index >= 15 is 0 Å². The number of rotatable bonds is 7. The van der Waals surface area contributed by atoms with Gasteiger partial charge in [-0.3, -0.25) is 0 Å². The summed E-state index contributed by atoms with van der Waals surface area (Å²) in [5.74, 6) is 0. The van der Waals surface area contributed by atoms with E-state index < -0.39 is 5.41 Å². The molecule has 0 amide bonds. The normalized spacial score (nSPS) is 12.7. The minimum Gasteiger partial charge on any atom is -0.310 e. The van der Waals surface area contributed by atoms with E-state index in [2.05, 4.69) is 229 Å². The summed E-state index contributed by atoms with van der Waals surface area (Å²) >= 11 is 1.91. The van der Waals surface area contributed by atoms with Crippen molar-refractivity contribution in [2.75, 3.05) is 4.90 Å². The first-order valence-corrected chi connectivity index (χ1v) is 20.4. The molecule has 11 rings (SSSR count). The fraction of sp³-hybridized carbons (Fsp3) is 0.0182. The van der Waals surface area contributed by atoms with E-state index in [1.807, 2.05) is 11.3 Å². The molecule has 1 nitrogen and oxygen atoms in total. The third-order valence-electron chi connectivity index (χ3n) is 11.7. The molecular weight excluding hydrogens is 707 g/mol. The van der Waals surface area contributed by atoms with Gasteiger partial charge in [0.1, 0.15) is 0 Å². The molecule has 10 aromatic rings. The van der Waals surface area contributed by atoms with Gasteiger partial charge in [0.2, 0.25) is 0 Å². The largest absolute Gasteiger partial charge is 0.310 e. The molecule has 0 unspecified atom stereocenters. The fourth-order valence-corrected chi connectivity index (χ4v) is 10.6. The van der Waals surface area contributed by atoms with E-state index in [1.54, 1.807) is 0 Å². The highest BCUT2D eigenvalue weighted by Crippen LogP contribution is 2.58. The summed E-state index contributed by atoms with van der Waals surface area (Å²) in [7, 11) is 0. The first-order chi connectivity index (χ1) is 28.3. The third-order valence-corrected chi connectivity index (χ3v) is 13.0. The lowest BCUT2D eigenvalue weighted by molar-refractivity contribution is 0.778. The van der Waals surface area contributed by atoms with Gasteiger partial charge in [-0.05, 0) is 92.0 Å². The molecule has 268 valence electrons. The van der Waals surface area contributed by atoms with Gasteiger partial charge in [-0.1, -0.05) is 188 Å². The quantitative estimate of drug-likeness (QED) is 0.157. The molecule has 0 atom stereocenters. The number of hydrogen-bond donors (Lipinski definition) is 0. The third kappa shape index (κ3) is 5.29. The van der Waals surface area contributed by atoms with Gasteiger partial charge >= 0.3 is 0 Å². The molecule has 0 saturated carbocycles. The smallest absolute Gasteiger partial charge is 0.0727 e. The van der Waals surface area contributed by atoms with Crippen LogP contribution < -0.4 is 4.90 Å². The zero-order chi connectivity index (χ0) is 37.8. The Kier molecular flexibility index (Phi) is 7.98. The van der Waals surface area contributed by atoms with Crippen molar-refractivity contribution in [3.05, 3.63) is 247 Å². The summed E-state index contributed by atoms with van der Waals surface area (Å²) in [5, 5.41) is 2.53. The van der Waals surface area contributed by atoms with E-state index in [4.69, 9.17) is 0 Å². The van der Waals surface area contributed by atoms with Crippen LogP contribution in [0.3, 0.4) is 0 Å². The van der Waals surface area contributed by atoms with E-state index in [0.29, 0.717) is 0 Å². The van der Waals surface area contributed by atoms with Crippen molar-refractivity contribution in [1.82, 2.24) is 0 Å². The van der Waals surface area contributed by atoms with Crippen LogP contribution in [0.25, 0.3) is 53.6 Å². The molecule has 1 heterocycles. The molecule has 0 bridgehead atoms.